The van der Waals surface area contributed by atoms with Crippen LogP contribution in [-0.4, -0.2) is 49.6 Å². The zero-order valence-corrected chi connectivity index (χ0v) is 15.6. The molecule has 2 aromatic rings. The summed E-state index contributed by atoms with van der Waals surface area (Å²) in [4.78, 5) is 26.8. The molecular weight excluding hydrogens is 344 g/mol. The molecule has 0 saturated carbocycles. The van der Waals surface area contributed by atoms with Gasteiger partial charge < -0.3 is 14.8 Å². The first-order chi connectivity index (χ1) is 13.1. The Morgan fingerprint density at radius 3 is 2.41 bits per heavy atom. The van der Waals surface area contributed by atoms with Crippen LogP contribution in [0.4, 0.5) is 0 Å². The van der Waals surface area contributed by atoms with Crippen molar-refractivity contribution in [1.82, 2.24) is 10.2 Å². The van der Waals surface area contributed by atoms with E-state index in [2.05, 4.69) is 10.2 Å². The molecule has 0 radical (unpaired) electrons. The van der Waals surface area contributed by atoms with E-state index in [1.807, 2.05) is 30.3 Å². The van der Waals surface area contributed by atoms with Crippen molar-refractivity contribution in [2.45, 2.75) is 25.0 Å². The van der Waals surface area contributed by atoms with Crippen molar-refractivity contribution in [3.8, 4) is 5.75 Å². The van der Waals surface area contributed by atoms with Gasteiger partial charge in [-0.25, -0.2) is 0 Å². The largest absolute Gasteiger partial charge is 0.497 e. The SMILES string of the molecule is COC(=O)[C@@H]1C[C@@H](NC(=O)c2ccc(OC)cc2)CN1Cc1ccccc1. The van der Waals surface area contributed by atoms with E-state index >= 15 is 0 Å². The monoisotopic (exact) mass is 368 g/mol. The minimum absolute atomic E-state index is 0.118. The van der Waals surface area contributed by atoms with Gasteiger partial charge in [-0.05, 0) is 36.2 Å². The average molecular weight is 368 g/mol. The summed E-state index contributed by atoms with van der Waals surface area (Å²) >= 11 is 0. The first-order valence-corrected chi connectivity index (χ1v) is 8.91. The van der Waals surface area contributed by atoms with Crippen LogP contribution in [0.5, 0.6) is 5.75 Å². The van der Waals surface area contributed by atoms with Gasteiger partial charge in [0, 0.05) is 24.7 Å². The summed E-state index contributed by atoms with van der Waals surface area (Å²) in [5.74, 6) is 0.271. The Balaban J connectivity index is 1.67. The zero-order chi connectivity index (χ0) is 19.2. The van der Waals surface area contributed by atoms with Crippen LogP contribution in [0, 0.1) is 0 Å². The zero-order valence-electron chi connectivity index (χ0n) is 15.6. The van der Waals surface area contributed by atoms with Crippen molar-refractivity contribution in [2.24, 2.45) is 0 Å². The maximum Gasteiger partial charge on any atom is 0.323 e. The van der Waals surface area contributed by atoms with Gasteiger partial charge in [0.05, 0.1) is 14.2 Å². The number of hydrogen-bond donors (Lipinski definition) is 1. The van der Waals surface area contributed by atoms with Crippen molar-refractivity contribution in [1.29, 1.82) is 0 Å². The number of benzene rings is 2. The fourth-order valence-corrected chi connectivity index (χ4v) is 3.39. The van der Waals surface area contributed by atoms with E-state index in [0.717, 1.165) is 5.56 Å². The molecule has 142 valence electrons. The number of hydrogen-bond acceptors (Lipinski definition) is 5. The van der Waals surface area contributed by atoms with E-state index in [9.17, 15) is 9.59 Å². The molecule has 6 nitrogen and oxygen atoms in total. The van der Waals surface area contributed by atoms with Gasteiger partial charge >= 0.3 is 5.97 Å². The number of ether oxygens (including phenoxy) is 2. The van der Waals surface area contributed by atoms with Crippen molar-refractivity contribution in [3.05, 3.63) is 65.7 Å². The number of carbonyl (C=O) groups is 2. The Morgan fingerprint density at radius 1 is 1.07 bits per heavy atom. The van der Waals surface area contributed by atoms with Crippen LogP contribution in [-0.2, 0) is 16.1 Å². The van der Waals surface area contributed by atoms with E-state index in [4.69, 9.17) is 9.47 Å². The normalized spacial score (nSPS) is 19.5. The van der Waals surface area contributed by atoms with Crippen LogP contribution in [0.15, 0.2) is 54.6 Å². The van der Waals surface area contributed by atoms with Crippen LogP contribution >= 0.6 is 0 Å². The number of nitrogens with one attached hydrogen (secondary N) is 1. The van der Waals surface area contributed by atoms with E-state index in [0.29, 0.717) is 30.8 Å². The molecule has 0 bridgehead atoms. The minimum atomic E-state index is -0.364. The lowest BCUT2D eigenvalue weighted by Crippen LogP contribution is -2.37. The summed E-state index contributed by atoms with van der Waals surface area (Å²) in [5, 5.41) is 3.03. The van der Waals surface area contributed by atoms with E-state index < -0.39 is 0 Å². The molecule has 1 aliphatic rings. The molecule has 1 heterocycles. The van der Waals surface area contributed by atoms with Gasteiger partial charge in [0.1, 0.15) is 11.8 Å². The molecule has 27 heavy (non-hydrogen) atoms. The molecule has 2 atom stereocenters. The molecule has 0 unspecified atom stereocenters. The molecule has 1 saturated heterocycles. The first kappa shape index (κ1) is 18.9. The maximum absolute atomic E-state index is 12.5. The van der Waals surface area contributed by atoms with Crippen LogP contribution in [0.25, 0.3) is 0 Å². The summed E-state index contributed by atoms with van der Waals surface area (Å²) in [6.45, 7) is 1.23. The van der Waals surface area contributed by atoms with Crippen molar-refractivity contribution in [2.75, 3.05) is 20.8 Å². The number of nitrogens with zero attached hydrogens (tertiary/aromatic N) is 1. The fourth-order valence-electron chi connectivity index (χ4n) is 3.39. The molecular formula is C21H24N2O4. The number of carbonyl (C=O) groups excluding carboxylic acids is 2. The third-order valence-electron chi connectivity index (χ3n) is 4.79. The lowest BCUT2D eigenvalue weighted by Gasteiger charge is -2.22. The van der Waals surface area contributed by atoms with Gasteiger partial charge in [0.25, 0.3) is 5.91 Å². The molecule has 2 aromatic carbocycles. The predicted molar refractivity (Wildman–Crippen MR) is 102 cm³/mol. The Hall–Kier alpha value is -2.86. The predicted octanol–water partition coefficient (Wildman–Crippen LogP) is 2.24. The molecule has 1 N–H and O–H groups in total. The number of likely N-dealkylation sites (tertiary alicyclic amines) is 1. The second kappa shape index (κ2) is 8.68. The van der Waals surface area contributed by atoms with Crippen LogP contribution < -0.4 is 10.1 Å². The number of rotatable bonds is 6. The Morgan fingerprint density at radius 2 is 1.78 bits per heavy atom. The second-order valence-electron chi connectivity index (χ2n) is 6.59. The van der Waals surface area contributed by atoms with Crippen molar-refractivity contribution < 1.29 is 19.1 Å². The van der Waals surface area contributed by atoms with Gasteiger partial charge in [-0.15, -0.1) is 0 Å². The van der Waals surface area contributed by atoms with Crippen molar-refractivity contribution >= 4 is 11.9 Å². The molecule has 1 amide bonds. The summed E-state index contributed by atoms with van der Waals surface area (Å²) in [5.41, 5.74) is 1.68. The topological polar surface area (TPSA) is 67.9 Å². The molecule has 1 aliphatic heterocycles. The lowest BCUT2D eigenvalue weighted by molar-refractivity contribution is -0.146. The highest BCUT2D eigenvalue weighted by atomic mass is 16.5. The first-order valence-electron chi connectivity index (χ1n) is 8.91. The quantitative estimate of drug-likeness (QED) is 0.792. The fraction of sp³-hybridized carbons (Fsp3) is 0.333. The summed E-state index contributed by atoms with van der Waals surface area (Å²) < 4.78 is 10.1. The van der Waals surface area contributed by atoms with E-state index in [1.54, 1.807) is 31.4 Å². The molecule has 0 aromatic heterocycles. The minimum Gasteiger partial charge on any atom is -0.497 e. The molecule has 1 fully saturated rings. The second-order valence-corrected chi connectivity index (χ2v) is 6.59. The maximum atomic E-state index is 12.5. The third kappa shape index (κ3) is 4.65. The summed E-state index contributed by atoms with van der Waals surface area (Å²) in [7, 11) is 2.98. The lowest BCUT2D eigenvalue weighted by atomic mass is 10.1. The van der Waals surface area contributed by atoms with Crippen LogP contribution in [0.2, 0.25) is 0 Å². The van der Waals surface area contributed by atoms with Gasteiger partial charge in [-0.1, -0.05) is 30.3 Å². The van der Waals surface area contributed by atoms with Crippen molar-refractivity contribution in [3.63, 3.8) is 0 Å². The number of methoxy groups -OCH3 is 2. The third-order valence-corrected chi connectivity index (χ3v) is 4.79. The highest BCUT2D eigenvalue weighted by molar-refractivity contribution is 5.94. The molecule has 0 aliphatic carbocycles. The van der Waals surface area contributed by atoms with Gasteiger partial charge in [0.2, 0.25) is 0 Å². The highest BCUT2D eigenvalue weighted by Gasteiger charge is 2.38. The smallest absolute Gasteiger partial charge is 0.323 e. The summed E-state index contributed by atoms with van der Waals surface area (Å²) in [6, 6.07) is 16.4. The Labute approximate surface area is 159 Å². The molecule has 0 spiro atoms. The van der Waals surface area contributed by atoms with Crippen LogP contribution in [0.3, 0.4) is 0 Å². The highest BCUT2D eigenvalue weighted by Crippen LogP contribution is 2.22. The Kier molecular flexibility index (Phi) is 6.08. The van der Waals surface area contributed by atoms with Gasteiger partial charge in [-0.2, -0.15) is 0 Å². The van der Waals surface area contributed by atoms with E-state index in [-0.39, 0.29) is 24.0 Å². The Bertz CT molecular complexity index is 777. The molecule has 6 heteroatoms. The van der Waals surface area contributed by atoms with Crippen LogP contribution in [0.1, 0.15) is 22.3 Å². The van der Waals surface area contributed by atoms with Gasteiger partial charge in [0.15, 0.2) is 0 Å². The molecule has 3 rings (SSSR count). The number of esters is 1. The van der Waals surface area contributed by atoms with Gasteiger partial charge in [-0.3, -0.25) is 14.5 Å². The summed E-state index contributed by atoms with van der Waals surface area (Å²) in [6.07, 6.45) is 0.529. The van der Waals surface area contributed by atoms with E-state index in [1.165, 1.54) is 7.11 Å². The number of amides is 1. The standard InChI is InChI=1S/C21H24N2O4/c1-26-18-10-8-16(9-11-18)20(24)22-17-12-19(21(25)27-2)23(14-17)13-15-6-4-3-5-7-15/h3-11,17,19H,12-14H2,1-2H3,(H,22,24)/t17-,19+/m1/s1. The average Bonchev–Trinajstić information content (AvgIpc) is 3.10.